The molecule has 2 aliphatic heterocycles. The van der Waals surface area contributed by atoms with Crippen molar-refractivity contribution in [3.05, 3.63) is 95.0 Å². The highest BCUT2D eigenvalue weighted by Gasteiger charge is 2.31. The largest absolute Gasteiger partial charge is 0.494 e. The van der Waals surface area contributed by atoms with E-state index in [0.29, 0.717) is 37.1 Å². The van der Waals surface area contributed by atoms with Crippen molar-refractivity contribution in [3.63, 3.8) is 0 Å². The van der Waals surface area contributed by atoms with Crippen LogP contribution >= 0.6 is 11.3 Å². The number of benzene rings is 3. The molecule has 268 valence electrons. The highest BCUT2D eigenvalue weighted by Crippen LogP contribution is 2.23. The summed E-state index contributed by atoms with van der Waals surface area (Å²) in [4.78, 5) is 63.7. The standard InChI is InChI=1S/C37H44N8O5S/c38-26-21-24-15-17-25(18-16-24)50-20-7-6-12-29(43-35(49)30(44-33(26)47)22-23-9-2-1-3-10-23)34(48)42-28(13-8-19-41-37(39)40)32(46)36-45-27-11-4-5-14-31(27)51-36/h1-5,9-11,14-18,26,28-30H,6-8,12-13,19-22,38H2,(H,42,48)(H,43,49)(H,44,47)(H4,39,40,41)/t26-,28-,29-,30-/m0/s1. The molecule has 0 aliphatic carbocycles. The van der Waals surface area contributed by atoms with E-state index in [1.54, 1.807) is 0 Å². The van der Waals surface area contributed by atoms with E-state index in [-0.39, 0.29) is 49.0 Å². The van der Waals surface area contributed by atoms with Crippen LogP contribution in [0.4, 0.5) is 0 Å². The van der Waals surface area contributed by atoms with Crippen molar-refractivity contribution >= 4 is 51.0 Å². The summed E-state index contributed by atoms with van der Waals surface area (Å²) in [5.41, 5.74) is 19.6. The Kier molecular flexibility index (Phi) is 13.1. The van der Waals surface area contributed by atoms with Crippen LogP contribution in [0.25, 0.3) is 10.2 Å². The van der Waals surface area contributed by atoms with Crippen LogP contribution in [-0.4, -0.2) is 71.8 Å². The SMILES string of the molecule is NC(N)=NCCC[C@H](NC(=O)[C@@H]1CCCCOc2ccc(cc2)C[C@H](N)C(=O)N[C@@H](Cc2ccccc2)C(=O)N1)C(=O)c1nc2ccccc2s1. The first-order valence-corrected chi connectivity index (χ1v) is 17.9. The van der Waals surface area contributed by atoms with Crippen LogP contribution < -0.4 is 37.9 Å². The summed E-state index contributed by atoms with van der Waals surface area (Å²) in [7, 11) is 0. The molecule has 14 heteroatoms. The fourth-order valence-corrected chi connectivity index (χ4v) is 6.72. The zero-order valence-electron chi connectivity index (χ0n) is 28.3. The van der Waals surface area contributed by atoms with Crippen molar-refractivity contribution < 1.29 is 23.9 Å². The Labute approximate surface area is 300 Å². The number of fused-ring (bicyclic) bond motifs is 15. The minimum Gasteiger partial charge on any atom is -0.494 e. The van der Waals surface area contributed by atoms with E-state index in [2.05, 4.69) is 25.9 Å². The van der Waals surface area contributed by atoms with Crippen LogP contribution in [-0.2, 0) is 27.2 Å². The van der Waals surface area contributed by atoms with E-state index in [1.165, 1.54) is 11.3 Å². The third-order valence-corrected chi connectivity index (χ3v) is 9.55. The van der Waals surface area contributed by atoms with Crippen LogP contribution in [0.2, 0.25) is 0 Å². The van der Waals surface area contributed by atoms with Gasteiger partial charge in [-0.05, 0) is 73.9 Å². The number of carbonyl (C=O) groups is 4. The molecular formula is C37H44N8O5S. The summed E-state index contributed by atoms with van der Waals surface area (Å²) in [5.74, 6) is -1.35. The number of thiazole rings is 1. The van der Waals surface area contributed by atoms with E-state index in [9.17, 15) is 19.2 Å². The molecular weight excluding hydrogens is 669 g/mol. The number of guanidine groups is 1. The van der Waals surface area contributed by atoms with Gasteiger partial charge in [-0.3, -0.25) is 24.2 Å². The van der Waals surface area contributed by atoms with Gasteiger partial charge in [0.15, 0.2) is 11.0 Å². The predicted octanol–water partition coefficient (Wildman–Crippen LogP) is 2.36. The van der Waals surface area contributed by atoms with Crippen molar-refractivity contribution in [2.24, 2.45) is 22.2 Å². The molecule has 6 rings (SSSR count). The minimum atomic E-state index is -1.03. The van der Waals surface area contributed by atoms with Gasteiger partial charge in [-0.15, -0.1) is 11.3 Å². The van der Waals surface area contributed by atoms with Gasteiger partial charge >= 0.3 is 0 Å². The van der Waals surface area contributed by atoms with Crippen LogP contribution in [0.1, 0.15) is 53.0 Å². The minimum absolute atomic E-state index is 0.0727. The Morgan fingerprint density at radius 1 is 0.961 bits per heavy atom. The van der Waals surface area contributed by atoms with Gasteiger partial charge in [0.25, 0.3) is 0 Å². The molecule has 0 unspecified atom stereocenters. The smallest absolute Gasteiger partial charge is 0.243 e. The second-order valence-corrected chi connectivity index (χ2v) is 13.5. The molecule has 0 fully saturated rings. The predicted molar refractivity (Wildman–Crippen MR) is 197 cm³/mol. The third kappa shape index (κ3) is 10.8. The van der Waals surface area contributed by atoms with Crippen LogP contribution in [0.15, 0.2) is 83.9 Å². The Morgan fingerprint density at radius 2 is 1.71 bits per heavy atom. The molecule has 1 aromatic heterocycles. The number of carbonyl (C=O) groups excluding carboxylic acids is 4. The maximum atomic E-state index is 14.0. The maximum Gasteiger partial charge on any atom is 0.243 e. The lowest BCUT2D eigenvalue weighted by Crippen LogP contribution is -2.57. The molecule has 4 aromatic rings. The van der Waals surface area contributed by atoms with E-state index >= 15 is 0 Å². The van der Waals surface area contributed by atoms with Crippen molar-refractivity contribution in [2.75, 3.05) is 13.2 Å². The third-order valence-electron chi connectivity index (χ3n) is 8.50. The first-order valence-electron chi connectivity index (χ1n) is 17.0. The fraction of sp³-hybridized carbons (Fsp3) is 0.351. The number of amides is 3. The first kappa shape index (κ1) is 36.9. The lowest BCUT2D eigenvalue weighted by atomic mass is 10.0. The van der Waals surface area contributed by atoms with Gasteiger partial charge in [0.1, 0.15) is 17.8 Å². The van der Waals surface area contributed by atoms with Crippen LogP contribution in [0.5, 0.6) is 5.75 Å². The topological polar surface area (TPSA) is 217 Å². The maximum absolute atomic E-state index is 14.0. The molecule has 0 spiro atoms. The van der Waals surface area contributed by atoms with Gasteiger partial charge in [-0.1, -0.05) is 54.6 Å². The van der Waals surface area contributed by atoms with Gasteiger partial charge < -0.3 is 37.9 Å². The lowest BCUT2D eigenvalue weighted by Gasteiger charge is -2.26. The monoisotopic (exact) mass is 712 g/mol. The number of aromatic nitrogens is 1. The fourth-order valence-electron chi connectivity index (χ4n) is 5.76. The summed E-state index contributed by atoms with van der Waals surface area (Å²) in [6.07, 6.45) is 2.44. The number of ketones is 1. The number of para-hydroxylation sites is 1. The van der Waals surface area contributed by atoms with Gasteiger partial charge in [0.2, 0.25) is 23.5 Å². The quantitative estimate of drug-likeness (QED) is 0.0615. The molecule has 2 aliphatic rings. The number of Topliss-reactive ketones (excluding diaryl/α,β-unsaturated/α-hetero) is 1. The Bertz CT molecular complexity index is 1790. The normalized spacial score (nSPS) is 19.2. The van der Waals surface area contributed by atoms with E-state index < -0.39 is 41.9 Å². The molecule has 13 nitrogen and oxygen atoms in total. The van der Waals surface area contributed by atoms with Gasteiger partial charge in [-0.25, -0.2) is 4.98 Å². The zero-order chi connectivity index (χ0) is 36.2. The molecule has 51 heavy (non-hydrogen) atoms. The molecule has 3 heterocycles. The van der Waals surface area contributed by atoms with E-state index in [1.807, 2.05) is 78.9 Å². The van der Waals surface area contributed by atoms with E-state index in [4.69, 9.17) is 21.9 Å². The number of nitrogens with two attached hydrogens (primary N) is 3. The molecule has 0 saturated carbocycles. The number of nitrogens with one attached hydrogen (secondary N) is 3. The zero-order valence-corrected chi connectivity index (χ0v) is 29.1. The molecule has 3 aromatic carbocycles. The second kappa shape index (κ2) is 18.1. The van der Waals surface area contributed by atoms with Gasteiger partial charge in [0.05, 0.1) is 28.9 Å². The summed E-state index contributed by atoms with van der Waals surface area (Å²) >= 11 is 1.24. The number of aliphatic imine (C=N–C) groups is 1. The molecule has 0 saturated heterocycles. The summed E-state index contributed by atoms with van der Waals surface area (Å²) in [6, 6.07) is 20.1. The van der Waals surface area contributed by atoms with Crippen molar-refractivity contribution in [2.45, 2.75) is 69.1 Å². The second-order valence-electron chi connectivity index (χ2n) is 12.5. The lowest BCUT2D eigenvalue weighted by molar-refractivity contribution is -0.132. The van der Waals surface area contributed by atoms with Crippen molar-refractivity contribution in [1.82, 2.24) is 20.9 Å². The number of rotatable bonds is 10. The Balaban J connectivity index is 1.39. The number of ether oxygens (including phenoxy) is 1. The summed E-state index contributed by atoms with van der Waals surface area (Å²) < 4.78 is 6.74. The van der Waals surface area contributed by atoms with Gasteiger partial charge in [0, 0.05) is 13.0 Å². The average molecular weight is 713 g/mol. The molecule has 9 N–H and O–H groups in total. The first-order chi connectivity index (χ1) is 24.7. The number of nitrogens with zero attached hydrogens (tertiary/aromatic N) is 2. The summed E-state index contributed by atoms with van der Waals surface area (Å²) in [6.45, 7) is 0.648. The Hall–Kier alpha value is -5.34. The number of hydrogen-bond donors (Lipinski definition) is 6. The Morgan fingerprint density at radius 3 is 2.45 bits per heavy atom. The highest BCUT2D eigenvalue weighted by molar-refractivity contribution is 7.20. The van der Waals surface area contributed by atoms with Crippen LogP contribution in [0, 0.1) is 0 Å². The number of hydrogen-bond acceptors (Lipinski definition) is 9. The van der Waals surface area contributed by atoms with Gasteiger partial charge in [-0.2, -0.15) is 0 Å². The molecule has 4 atom stereocenters. The molecule has 2 bridgehead atoms. The average Bonchev–Trinajstić information content (AvgIpc) is 3.57. The highest BCUT2D eigenvalue weighted by atomic mass is 32.1. The van der Waals surface area contributed by atoms with E-state index in [0.717, 1.165) is 15.8 Å². The molecule has 0 radical (unpaired) electrons. The van der Waals surface area contributed by atoms with Crippen LogP contribution in [0.3, 0.4) is 0 Å². The summed E-state index contributed by atoms with van der Waals surface area (Å²) in [5, 5.41) is 8.84. The van der Waals surface area contributed by atoms with Crippen molar-refractivity contribution in [3.8, 4) is 5.75 Å². The molecule has 3 amide bonds. The van der Waals surface area contributed by atoms with Crippen molar-refractivity contribution in [1.29, 1.82) is 0 Å².